The third-order valence-electron chi connectivity index (χ3n) is 3.37. The summed E-state index contributed by atoms with van der Waals surface area (Å²) >= 11 is 0. The topological polar surface area (TPSA) is 101 Å². The van der Waals surface area contributed by atoms with E-state index in [1.165, 1.54) is 24.3 Å². The van der Waals surface area contributed by atoms with Gasteiger partial charge in [-0.3, -0.25) is 4.79 Å². The van der Waals surface area contributed by atoms with Crippen LogP contribution in [-0.2, 0) is 10.0 Å². The minimum Gasteiger partial charge on any atom is -0.366 e. The maximum absolute atomic E-state index is 12.3. The van der Waals surface area contributed by atoms with Gasteiger partial charge in [-0.1, -0.05) is 6.07 Å². The number of halogens is 1. The first-order valence-electron chi connectivity index (χ1n) is 6.54. The summed E-state index contributed by atoms with van der Waals surface area (Å²) in [5.74, 6) is -0.641. The predicted molar refractivity (Wildman–Crippen MR) is 83.0 cm³/mol. The van der Waals surface area contributed by atoms with Crippen molar-refractivity contribution in [3.8, 4) is 0 Å². The molecule has 0 aliphatic carbocycles. The smallest absolute Gasteiger partial charge is 0.248 e. The van der Waals surface area contributed by atoms with Gasteiger partial charge < -0.3 is 11.1 Å². The van der Waals surface area contributed by atoms with Gasteiger partial charge in [0.25, 0.3) is 0 Å². The zero-order valence-electron chi connectivity index (χ0n) is 11.7. The average molecular weight is 334 g/mol. The first-order valence-corrected chi connectivity index (χ1v) is 8.02. The van der Waals surface area contributed by atoms with Crippen LogP contribution < -0.4 is 15.8 Å². The Hall–Kier alpha value is -1.15. The van der Waals surface area contributed by atoms with Gasteiger partial charge in [-0.15, -0.1) is 12.4 Å². The second-order valence-electron chi connectivity index (χ2n) is 5.09. The molecule has 1 aromatic carbocycles. The number of hydrogen-bond acceptors (Lipinski definition) is 4. The van der Waals surface area contributed by atoms with E-state index in [1.54, 1.807) is 0 Å². The van der Waals surface area contributed by atoms with Crippen LogP contribution in [0.1, 0.15) is 30.1 Å². The number of nitrogens with one attached hydrogen (secondary N) is 2. The molecule has 0 radical (unpaired) electrons. The fraction of sp³-hybridized carbons (Fsp3) is 0.462. The number of nitrogens with two attached hydrogens (primary N) is 1. The van der Waals surface area contributed by atoms with Crippen LogP contribution in [0.2, 0.25) is 0 Å². The molecule has 2 atom stereocenters. The lowest BCUT2D eigenvalue weighted by molar-refractivity contribution is 0.1000. The largest absolute Gasteiger partial charge is 0.366 e. The summed E-state index contributed by atoms with van der Waals surface area (Å²) in [5, 5.41) is 3.27. The maximum atomic E-state index is 12.3. The van der Waals surface area contributed by atoms with Crippen molar-refractivity contribution < 1.29 is 13.2 Å². The molecule has 0 spiro atoms. The first kappa shape index (κ1) is 17.9. The maximum Gasteiger partial charge on any atom is 0.248 e. The number of primary amides is 1. The zero-order chi connectivity index (χ0) is 14.8. The van der Waals surface area contributed by atoms with E-state index in [1.807, 2.05) is 6.92 Å². The van der Waals surface area contributed by atoms with Crippen molar-refractivity contribution in [3.05, 3.63) is 29.8 Å². The standard InChI is InChI=1S/C13H19N3O3S.ClH/c1-9-7-11(5-6-15-9)16-20(18,19)12-4-2-3-10(8-12)13(14)17;/h2-4,8-9,11,15-16H,5-7H2,1H3,(H2,14,17);1H. The Morgan fingerprint density at radius 2 is 2.14 bits per heavy atom. The molecule has 1 saturated heterocycles. The summed E-state index contributed by atoms with van der Waals surface area (Å²) < 4.78 is 27.3. The molecule has 2 unspecified atom stereocenters. The summed E-state index contributed by atoms with van der Waals surface area (Å²) in [6, 6.07) is 5.96. The number of carbonyl (C=O) groups excluding carboxylic acids is 1. The second kappa shape index (κ2) is 7.22. The van der Waals surface area contributed by atoms with E-state index in [9.17, 15) is 13.2 Å². The molecular formula is C13H20ClN3O3S. The highest BCUT2D eigenvalue weighted by molar-refractivity contribution is 7.89. The molecule has 1 aromatic rings. The third kappa shape index (κ3) is 4.67. The highest BCUT2D eigenvalue weighted by Crippen LogP contribution is 2.15. The normalized spacial score (nSPS) is 22.3. The third-order valence-corrected chi connectivity index (χ3v) is 4.89. The van der Waals surface area contributed by atoms with Crippen molar-refractivity contribution in [3.63, 3.8) is 0 Å². The molecule has 1 heterocycles. The quantitative estimate of drug-likeness (QED) is 0.752. The van der Waals surface area contributed by atoms with Crippen molar-refractivity contribution in [1.29, 1.82) is 0 Å². The number of rotatable bonds is 4. The molecular weight excluding hydrogens is 314 g/mol. The molecule has 1 aliphatic rings. The second-order valence-corrected chi connectivity index (χ2v) is 6.80. The van der Waals surface area contributed by atoms with Crippen molar-refractivity contribution >= 4 is 28.3 Å². The lowest BCUT2D eigenvalue weighted by atomic mass is 10.0. The van der Waals surface area contributed by atoms with Crippen molar-refractivity contribution in [1.82, 2.24) is 10.0 Å². The summed E-state index contributed by atoms with van der Waals surface area (Å²) in [6.45, 7) is 2.81. The van der Waals surface area contributed by atoms with Crippen molar-refractivity contribution in [2.24, 2.45) is 5.73 Å². The van der Waals surface area contributed by atoms with E-state index >= 15 is 0 Å². The summed E-state index contributed by atoms with van der Waals surface area (Å²) in [5.41, 5.74) is 5.35. The lowest BCUT2D eigenvalue weighted by Gasteiger charge is -2.28. The number of amides is 1. The van der Waals surface area contributed by atoms with Gasteiger partial charge in [0.1, 0.15) is 0 Å². The van der Waals surface area contributed by atoms with Gasteiger partial charge >= 0.3 is 0 Å². The lowest BCUT2D eigenvalue weighted by Crippen LogP contribution is -2.46. The van der Waals surface area contributed by atoms with Gasteiger partial charge in [0.05, 0.1) is 4.90 Å². The Labute approximate surface area is 130 Å². The molecule has 21 heavy (non-hydrogen) atoms. The Morgan fingerprint density at radius 1 is 1.43 bits per heavy atom. The number of carbonyl (C=O) groups is 1. The van der Waals surface area contributed by atoms with Crippen LogP contribution in [0.3, 0.4) is 0 Å². The Balaban J connectivity index is 0.00000220. The number of hydrogen-bond donors (Lipinski definition) is 3. The van der Waals surface area contributed by atoms with E-state index in [0.717, 1.165) is 19.4 Å². The van der Waals surface area contributed by atoms with Gasteiger partial charge in [-0.05, 0) is 44.5 Å². The van der Waals surface area contributed by atoms with E-state index in [-0.39, 0.29) is 34.9 Å². The Kier molecular flexibility index (Phi) is 6.15. The fourth-order valence-corrected chi connectivity index (χ4v) is 3.67. The van der Waals surface area contributed by atoms with Gasteiger partial charge in [0, 0.05) is 17.6 Å². The molecule has 1 amide bonds. The monoisotopic (exact) mass is 333 g/mol. The highest BCUT2D eigenvalue weighted by Gasteiger charge is 2.24. The van der Waals surface area contributed by atoms with Gasteiger partial charge in [-0.2, -0.15) is 0 Å². The minimum atomic E-state index is -3.62. The van der Waals surface area contributed by atoms with Crippen molar-refractivity contribution in [2.75, 3.05) is 6.54 Å². The van der Waals surface area contributed by atoms with E-state index in [2.05, 4.69) is 10.0 Å². The molecule has 0 aromatic heterocycles. The first-order chi connectivity index (χ1) is 9.38. The number of sulfonamides is 1. The molecule has 0 saturated carbocycles. The molecule has 1 aliphatic heterocycles. The molecule has 6 nitrogen and oxygen atoms in total. The molecule has 2 rings (SSSR count). The van der Waals surface area contributed by atoms with Crippen LogP contribution in [-0.4, -0.2) is 33.0 Å². The van der Waals surface area contributed by atoms with E-state index in [0.29, 0.717) is 0 Å². The van der Waals surface area contributed by atoms with Crippen LogP contribution in [0, 0.1) is 0 Å². The Morgan fingerprint density at radius 3 is 2.76 bits per heavy atom. The summed E-state index contributed by atoms with van der Waals surface area (Å²) in [4.78, 5) is 11.2. The fourth-order valence-electron chi connectivity index (χ4n) is 2.34. The minimum absolute atomic E-state index is 0. The van der Waals surface area contributed by atoms with Crippen LogP contribution >= 0.6 is 12.4 Å². The van der Waals surface area contributed by atoms with Gasteiger partial charge in [0.15, 0.2) is 0 Å². The van der Waals surface area contributed by atoms with Gasteiger partial charge in [-0.25, -0.2) is 13.1 Å². The van der Waals surface area contributed by atoms with Crippen LogP contribution in [0.4, 0.5) is 0 Å². The Bertz CT molecular complexity index is 606. The SMILES string of the molecule is CC1CC(NS(=O)(=O)c2cccc(C(N)=O)c2)CCN1.Cl. The molecule has 8 heteroatoms. The average Bonchev–Trinajstić information content (AvgIpc) is 2.38. The number of benzene rings is 1. The van der Waals surface area contributed by atoms with Crippen LogP contribution in [0.15, 0.2) is 29.2 Å². The van der Waals surface area contributed by atoms with Crippen LogP contribution in [0.5, 0.6) is 0 Å². The van der Waals surface area contributed by atoms with E-state index in [4.69, 9.17) is 5.73 Å². The van der Waals surface area contributed by atoms with Gasteiger partial charge in [0.2, 0.25) is 15.9 Å². The summed E-state index contributed by atoms with van der Waals surface area (Å²) in [7, 11) is -3.62. The number of piperidine rings is 1. The van der Waals surface area contributed by atoms with Crippen LogP contribution in [0.25, 0.3) is 0 Å². The predicted octanol–water partition coefficient (Wildman–Crippen LogP) is 0.626. The molecule has 1 fully saturated rings. The van der Waals surface area contributed by atoms with E-state index < -0.39 is 15.9 Å². The molecule has 4 N–H and O–H groups in total. The van der Waals surface area contributed by atoms with Crippen molar-refractivity contribution in [2.45, 2.75) is 36.7 Å². The summed E-state index contributed by atoms with van der Waals surface area (Å²) in [6.07, 6.45) is 1.49. The highest BCUT2D eigenvalue weighted by atomic mass is 35.5. The molecule has 118 valence electrons. The molecule has 0 bridgehead atoms. The zero-order valence-corrected chi connectivity index (χ0v) is 13.3.